The molecule has 122 valence electrons. The molecule has 0 bridgehead atoms. The zero-order chi connectivity index (χ0) is 16.0. The normalized spacial score (nSPS) is 26.7. The van der Waals surface area contributed by atoms with Crippen LogP contribution in [-0.4, -0.2) is 36.1 Å². The predicted octanol–water partition coefficient (Wildman–Crippen LogP) is 3.03. The summed E-state index contributed by atoms with van der Waals surface area (Å²) in [5.74, 6) is 1.31. The first kappa shape index (κ1) is 14.9. The second kappa shape index (κ2) is 5.44. The average Bonchev–Trinajstić information content (AvgIpc) is 3.24. The third-order valence-corrected chi connectivity index (χ3v) is 6.66. The highest BCUT2D eigenvalue weighted by Crippen LogP contribution is 2.50. The Morgan fingerprint density at radius 3 is 3.17 bits per heavy atom. The Morgan fingerprint density at radius 2 is 2.39 bits per heavy atom. The van der Waals surface area contributed by atoms with Gasteiger partial charge in [-0.05, 0) is 31.2 Å². The van der Waals surface area contributed by atoms with Gasteiger partial charge in [-0.1, -0.05) is 13.3 Å². The van der Waals surface area contributed by atoms with Gasteiger partial charge in [0.25, 0.3) is 0 Å². The van der Waals surface area contributed by atoms with E-state index < -0.39 is 0 Å². The van der Waals surface area contributed by atoms with Gasteiger partial charge in [-0.3, -0.25) is 4.79 Å². The minimum absolute atomic E-state index is 0.0487. The molecule has 2 aliphatic rings. The largest absolute Gasteiger partial charge is 0.469 e. The van der Waals surface area contributed by atoms with Crippen molar-refractivity contribution in [3.63, 3.8) is 0 Å². The molecule has 2 aromatic rings. The predicted molar refractivity (Wildman–Crippen MR) is 90.8 cm³/mol. The monoisotopic (exact) mass is 331 g/mol. The smallest absolute Gasteiger partial charge is 0.313 e. The van der Waals surface area contributed by atoms with Gasteiger partial charge < -0.3 is 9.64 Å². The number of carbonyl (C=O) groups is 1. The van der Waals surface area contributed by atoms with Crippen LogP contribution in [-0.2, 0) is 16.0 Å². The van der Waals surface area contributed by atoms with E-state index in [0.717, 1.165) is 48.3 Å². The zero-order valence-corrected chi connectivity index (χ0v) is 14.4. The van der Waals surface area contributed by atoms with Crippen LogP contribution in [0.5, 0.6) is 0 Å². The van der Waals surface area contributed by atoms with E-state index in [-0.39, 0.29) is 11.4 Å². The molecular formula is C17H21N3O2S. The summed E-state index contributed by atoms with van der Waals surface area (Å²) < 4.78 is 5.14. The molecule has 6 heteroatoms. The van der Waals surface area contributed by atoms with Gasteiger partial charge in [0.15, 0.2) is 0 Å². The highest BCUT2D eigenvalue weighted by molar-refractivity contribution is 7.18. The van der Waals surface area contributed by atoms with E-state index in [1.807, 2.05) is 0 Å². The van der Waals surface area contributed by atoms with Crippen LogP contribution in [0, 0.1) is 11.3 Å². The second-order valence-corrected chi connectivity index (χ2v) is 7.71. The van der Waals surface area contributed by atoms with Crippen LogP contribution in [0.15, 0.2) is 12.4 Å². The number of rotatable bonds is 3. The topological polar surface area (TPSA) is 55.3 Å². The van der Waals surface area contributed by atoms with Crippen LogP contribution >= 0.6 is 11.3 Å². The molecule has 2 unspecified atom stereocenters. The summed E-state index contributed by atoms with van der Waals surface area (Å²) in [5, 5.41) is 1.12. The van der Waals surface area contributed by atoms with Gasteiger partial charge in [0.1, 0.15) is 17.0 Å². The first-order valence-electron chi connectivity index (χ1n) is 8.24. The van der Waals surface area contributed by atoms with E-state index >= 15 is 0 Å². The van der Waals surface area contributed by atoms with Crippen LogP contribution < -0.4 is 4.90 Å². The number of thiophene rings is 1. The SMILES string of the molecule is CCc1cc2c(N3CC4CCCC4(C(=O)OC)C3)ncnc2s1. The van der Waals surface area contributed by atoms with E-state index in [2.05, 4.69) is 27.9 Å². The van der Waals surface area contributed by atoms with Crippen LogP contribution in [0.3, 0.4) is 0 Å². The fourth-order valence-electron chi connectivity index (χ4n) is 4.31. The van der Waals surface area contributed by atoms with Gasteiger partial charge in [0.2, 0.25) is 0 Å². The summed E-state index contributed by atoms with van der Waals surface area (Å²) in [6.45, 7) is 3.76. The highest BCUT2D eigenvalue weighted by atomic mass is 32.1. The minimum Gasteiger partial charge on any atom is -0.469 e. The number of aromatic nitrogens is 2. The van der Waals surface area contributed by atoms with Crippen molar-refractivity contribution in [1.29, 1.82) is 0 Å². The molecule has 1 saturated heterocycles. The van der Waals surface area contributed by atoms with Crippen molar-refractivity contribution in [1.82, 2.24) is 9.97 Å². The van der Waals surface area contributed by atoms with Crippen molar-refractivity contribution in [3.05, 3.63) is 17.3 Å². The summed E-state index contributed by atoms with van der Waals surface area (Å²) >= 11 is 1.73. The maximum atomic E-state index is 12.4. The van der Waals surface area contributed by atoms with Crippen molar-refractivity contribution < 1.29 is 9.53 Å². The van der Waals surface area contributed by atoms with Crippen LogP contribution in [0.4, 0.5) is 5.82 Å². The molecule has 0 radical (unpaired) electrons. The van der Waals surface area contributed by atoms with Crippen molar-refractivity contribution in [3.8, 4) is 0 Å². The quantitative estimate of drug-likeness (QED) is 0.809. The number of carbonyl (C=O) groups excluding carboxylic acids is 1. The summed E-state index contributed by atoms with van der Waals surface area (Å²) in [5.41, 5.74) is -0.338. The second-order valence-electron chi connectivity index (χ2n) is 6.60. The highest BCUT2D eigenvalue weighted by Gasteiger charge is 2.55. The molecule has 1 aliphatic heterocycles. The standard InChI is InChI=1S/C17H21N3O2S/c1-3-12-7-13-14(18-10-19-15(13)23-12)20-8-11-5-4-6-17(11,9-20)16(21)22-2/h7,10-11H,3-6,8-9H2,1-2H3. The number of hydrogen-bond acceptors (Lipinski definition) is 6. The Kier molecular flexibility index (Phi) is 3.52. The summed E-state index contributed by atoms with van der Waals surface area (Å²) in [6.07, 6.45) is 5.80. The fourth-order valence-corrected chi connectivity index (χ4v) is 5.24. The third-order valence-electron chi connectivity index (χ3n) is 5.47. The maximum absolute atomic E-state index is 12.4. The molecular weight excluding hydrogens is 310 g/mol. The Hall–Kier alpha value is -1.69. The van der Waals surface area contributed by atoms with Crippen LogP contribution in [0.2, 0.25) is 0 Å². The number of ether oxygens (including phenoxy) is 1. The number of esters is 1. The van der Waals surface area contributed by atoms with Gasteiger partial charge >= 0.3 is 5.97 Å². The van der Waals surface area contributed by atoms with Gasteiger partial charge in [0, 0.05) is 18.0 Å². The molecule has 0 amide bonds. The molecule has 0 N–H and O–H groups in total. The number of hydrogen-bond donors (Lipinski definition) is 0. The summed E-state index contributed by atoms with van der Waals surface area (Å²) in [4.78, 5) is 26.0. The lowest BCUT2D eigenvalue weighted by Gasteiger charge is -2.25. The summed E-state index contributed by atoms with van der Waals surface area (Å²) in [7, 11) is 1.50. The van der Waals surface area contributed by atoms with Gasteiger partial charge in [-0.25, -0.2) is 9.97 Å². The Balaban J connectivity index is 1.73. The first-order chi connectivity index (χ1) is 11.2. The average molecular weight is 331 g/mol. The fraction of sp³-hybridized carbons (Fsp3) is 0.588. The van der Waals surface area contributed by atoms with Crippen LogP contribution in [0.1, 0.15) is 31.1 Å². The molecule has 0 spiro atoms. The number of aryl methyl sites for hydroxylation is 1. The molecule has 2 fully saturated rings. The molecule has 2 atom stereocenters. The molecule has 23 heavy (non-hydrogen) atoms. The van der Waals surface area contributed by atoms with E-state index in [4.69, 9.17) is 4.74 Å². The summed E-state index contributed by atoms with van der Waals surface area (Å²) in [6, 6.07) is 2.20. The van der Waals surface area contributed by atoms with Crippen molar-refractivity contribution >= 4 is 33.3 Å². The van der Waals surface area contributed by atoms with Crippen molar-refractivity contribution in [2.45, 2.75) is 32.6 Å². The molecule has 0 aromatic carbocycles. The first-order valence-corrected chi connectivity index (χ1v) is 9.06. The Labute approximate surface area is 139 Å². The lowest BCUT2D eigenvalue weighted by molar-refractivity contribution is -0.152. The molecule has 5 nitrogen and oxygen atoms in total. The molecule has 3 heterocycles. The maximum Gasteiger partial charge on any atom is 0.313 e. The number of anilines is 1. The van der Waals surface area contributed by atoms with E-state index in [0.29, 0.717) is 12.5 Å². The molecule has 1 aliphatic carbocycles. The van der Waals surface area contributed by atoms with Crippen LogP contribution in [0.25, 0.3) is 10.2 Å². The number of methoxy groups -OCH3 is 1. The lowest BCUT2D eigenvalue weighted by atomic mass is 9.81. The lowest BCUT2D eigenvalue weighted by Crippen LogP contribution is -2.37. The zero-order valence-electron chi connectivity index (χ0n) is 13.5. The molecule has 1 saturated carbocycles. The van der Waals surface area contributed by atoms with Crippen molar-refractivity contribution in [2.75, 3.05) is 25.1 Å². The van der Waals surface area contributed by atoms with Gasteiger partial charge in [-0.2, -0.15) is 0 Å². The Bertz CT molecular complexity index is 759. The number of fused-ring (bicyclic) bond motifs is 2. The van der Waals surface area contributed by atoms with Crippen molar-refractivity contribution in [2.24, 2.45) is 11.3 Å². The number of nitrogens with zero attached hydrogens (tertiary/aromatic N) is 3. The van der Waals surface area contributed by atoms with E-state index in [1.54, 1.807) is 17.7 Å². The minimum atomic E-state index is -0.338. The van der Waals surface area contributed by atoms with E-state index in [9.17, 15) is 4.79 Å². The van der Waals surface area contributed by atoms with E-state index in [1.165, 1.54) is 12.0 Å². The third kappa shape index (κ3) is 2.15. The molecule has 4 rings (SSSR count). The van der Waals surface area contributed by atoms with Gasteiger partial charge in [-0.15, -0.1) is 11.3 Å². The Morgan fingerprint density at radius 1 is 1.52 bits per heavy atom. The molecule has 2 aromatic heterocycles. The van der Waals surface area contributed by atoms with Gasteiger partial charge in [0.05, 0.1) is 17.9 Å².